The molecule has 0 bridgehead atoms. The topological polar surface area (TPSA) is 27.7 Å². The van der Waals surface area contributed by atoms with Gasteiger partial charge in [0.05, 0.1) is 0 Å². The summed E-state index contributed by atoms with van der Waals surface area (Å²) in [5, 5.41) is 0. The van der Waals surface area contributed by atoms with Crippen LogP contribution in [0.5, 0.6) is 17.2 Å². The SMILES string of the molecule is CCCCCCCCCCCCCCCCCCc1ccc(OP(Oc2ccc(CCCCCCCCCCCCCCCCCC)cc2)Oc2ccc(CCCCCCCCCCCCCCCCCC)cc2)cc1. The molecule has 0 fully saturated rings. The van der Waals surface area contributed by atoms with Crippen molar-refractivity contribution in [3.63, 3.8) is 0 Å². The van der Waals surface area contributed by atoms with E-state index >= 15 is 0 Å². The van der Waals surface area contributed by atoms with Crippen LogP contribution in [-0.4, -0.2) is 0 Å². The van der Waals surface area contributed by atoms with Gasteiger partial charge in [-0.05, 0) is 91.6 Å². The number of benzene rings is 3. The van der Waals surface area contributed by atoms with Crippen LogP contribution < -0.4 is 13.6 Å². The van der Waals surface area contributed by atoms with Crippen LogP contribution in [0.15, 0.2) is 72.8 Å². The van der Waals surface area contributed by atoms with Crippen LogP contribution in [0.3, 0.4) is 0 Å². The zero-order valence-electron chi connectivity index (χ0n) is 50.7. The van der Waals surface area contributed by atoms with Crippen LogP contribution >= 0.6 is 8.60 Å². The van der Waals surface area contributed by atoms with Crippen molar-refractivity contribution in [1.29, 1.82) is 0 Å². The first-order chi connectivity index (χ1) is 37.7. The number of hydrogen-bond donors (Lipinski definition) is 0. The quantitative estimate of drug-likeness (QED) is 0.0416. The maximum absolute atomic E-state index is 6.52. The van der Waals surface area contributed by atoms with Gasteiger partial charge in [-0.25, -0.2) is 0 Å². The maximum atomic E-state index is 6.52. The van der Waals surface area contributed by atoms with E-state index in [0.717, 1.165) is 36.5 Å². The standard InChI is InChI=1S/C72H123O3P/c1-4-7-10-13-16-19-22-25-28-31-34-37-40-43-46-49-52-67-55-61-70(62-56-67)73-76(74-71-63-57-68(58-64-71)53-50-47-44-41-38-35-32-29-26-23-20-17-14-11-8-5-2)75-72-65-59-69(60-66-72)54-51-48-45-42-39-36-33-30-27-24-21-18-15-12-9-6-3/h55-66H,4-54H2,1-3H3. The van der Waals surface area contributed by atoms with Gasteiger partial charge in [-0.3, -0.25) is 0 Å². The first kappa shape index (κ1) is 67.8. The van der Waals surface area contributed by atoms with Crippen LogP contribution in [-0.2, 0) is 19.3 Å². The van der Waals surface area contributed by atoms with Crippen LogP contribution in [0.25, 0.3) is 0 Å². The van der Waals surface area contributed by atoms with Gasteiger partial charge in [-0.15, -0.1) is 0 Å². The lowest BCUT2D eigenvalue weighted by Gasteiger charge is -2.18. The van der Waals surface area contributed by atoms with E-state index in [1.165, 1.54) is 325 Å². The lowest BCUT2D eigenvalue weighted by atomic mass is 10.0. The van der Waals surface area contributed by atoms with E-state index in [-0.39, 0.29) is 0 Å². The summed E-state index contributed by atoms with van der Waals surface area (Å²) in [5.74, 6) is 2.38. The van der Waals surface area contributed by atoms with E-state index in [1.54, 1.807) is 0 Å². The fraction of sp³-hybridized carbons (Fsp3) is 0.750. The average Bonchev–Trinajstić information content (AvgIpc) is 3.44. The molecule has 0 saturated heterocycles. The molecule has 0 atom stereocenters. The third-order valence-corrected chi connectivity index (χ3v) is 17.3. The molecule has 0 saturated carbocycles. The minimum Gasteiger partial charge on any atom is -0.409 e. The van der Waals surface area contributed by atoms with Gasteiger partial charge in [-0.1, -0.05) is 346 Å². The zero-order chi connectivity index (χ0) is 53.7. The summed E-state index contributed by atoms with van der Waals surface area (Å²) < 4.78 is 19.6. The monoisotopic (exact) mass is 1070 g/mol. The smallest absolute Gasteiger partial charge is 0.409 e. The van der Waals surface area contributed by atoms with Gasteiger partial charge in [0, 0.05) is 0 Å². The minimum atomic E-state index is -1.71. The number of aryl methyl sites for hydroxylation is 3. The molecule has 3 aromatic rings. The fourth-order valence-electron chi connectivity index (χ4n) is 11.1. The molecule has 0 aliphatic carbocycles. The van der Waals surface area contributed by atoms with Crippen molar-refractivity contribution in [2.45, 2.75) is 348 Å². The molecule has 3 rings (SSSR count). The average molecular weight is 1070 g/mol. The Labute approximate surface area is 474 Å². The molecule has 0 aliphatic heterocycles. The van der Waals surface area contributed by atoms with E-state index < -0.39 is 8.60 Å². The molecule has 434 valence electrons. The highest BCUT2D eigenvalue weighted by Crippen LogP contribution is 2.42. The summed E-state index contributed by atoms with van der Waals surface area (Å²) in [7, 11) is -1.71. The number of rotatable bonds is 57. The van der Waals surface area contributed by atoms with Crippen LogP contribution in [0, 0.1) is 0 Å². The van der Waals surface area contributed by atoms with Gasteiger partial charge >= 0.3 is 8.60 Å². The molecule has 0 spiro atoms. The highest BCUT2D eigenvalue weighted by atomic mass is 31.2. The largest absolute Gasteiger partial charge is 0.530 e. The molecule has 0 radical (unpaired) electrons. The van der Waals surface area contributed by atoms with Crippen LogP contribution in [0.4, 0.5) is 0 Å². The van der Waals surface area contributed by atoms with Crippen molar-refractivity contribution < 1.29 is 13.6 Å². The van der Waals surface area contributed by atoms with Crippen molar-refractivity contribution in [3.8, 4) is 17.2 Å². The van der Waals surface area contributed by atoms with E-state index in [4.69, 9.17) is 13.6 Å². The Kier molecular flexibility index (Phi) is 46.3. The Balaban J connectivity index is 1.35. The molecule has 0 amide bonds. The summed E-state index contributed by atoms with van der Waals surface area (Å²) in [5.41, 5.74) is 4.14. The molecule has 3 aromatic carbocycles. The predicted octanol–water partition coefficient (Wildman–Crippen LogP) is 25.9. The molecule has 0 aliphatic rings. The van der Waals surface area contributed by atoms with Crippen molar-refractivity contribution in [1.82, 2.24) is 0 Å². The molecule has 0 aromatic heterocycles. The summed E-state index contributed by atoms with van der Waals surface area (Å²) in [6.07, 6.45) is 70.8. The van der Waals surface area contributed by atoms with E-state index in [9.17, 15) is 0 Å². The van der Waals surface area contributed by atoms with E-state index in [2.05, 4.69) is 93.6 Å². The zero-order valence-corrected chi connectivity index (χ0v) is 51.6. The molecule has 3 nitrogen and oxygen atoms in total. The summed E-state index contributed by atoms with van der Waals surface area (Å²) in [4.78, 5) is 0. The molecular weight excluding hydrogens is 944 g/mol. The molecule has 76 heavy (non-hydrogen) atoms. The summed E-state index contributed by atoms with van der Waals surface area (Å²) in [6.45, 7) is 6.92. The highest BCUT2D eigenvalue weighted by Gasteiger charge is 2.20. The minimum absolute atomic E-state index is 0.794. The van der Waals surface area contributed by atoms with Crippen molar-refractivity contribution in [2.24, 2.45) is 0 Å². The number of unbranched alkanes of at least 4 members (excludes halogenated alkanes) is 45. The molecule has 0 heterocycles. The third kappa shape index (κ3) is 40.6. The van der Waals surface area contributed by atoms with Gasteiger partial charge in [0.2, 0.25) is 0 Å². The predicted molar refractivity (Wildman–Crippen MR) is 338 cm³/mol. The Morgan fingerprint density at radius 1 is 0.197 bits per heavy atom. The second kappa shape index (κ2) is 51.9. The normalized spacial score (nSPS) is 11.5. The second-order valence-corrected chi connectivity index (χ2v) is 24.6. The molecule has 0 unspecified atom stereocenters. The van der Waals surface area contributed by atoms with Crippen molar-refractivity contribution in [2.75, 3.05) is 0 Å². The Bertz CT molecular complexity index is 1430. The Hall–Kier alpha value is -2.51. The molecule has 0 N–H and O–H groups in total. The maximum Gasteiger partial charge on any atom is 0.530 e. The van der Waals surface area contributed by atoms with Gasteiger partial charge in [0.15, 0.2) is 0 Å². The molecule has 4 heteroatoms. The Morgan fingerprint density at radius 3 is 0.500 bits per heavy atom. The van der Waals surface area contributed by atoms with E-state index in [0.29, 0.717) is 0 Å². The van der Waals surface area contributed by atoms with Crippen LogP contribution in [0.2, 0.25) is 0 Å². The highest BCUT2D eigenvalue weighted by molar-refractivity contribution is 7.43. The first-order valence-corrected chi connectivity index (χ1v) is 34.9. The lowest BCUT2D eigenvalue weighted by Crippen LogP contribution is -2.03. The third-order valence-electron chi connectivity index (χ3n) is 16.3. The molecular formula is C72H123O3P. The van der Waals surface area contributed by atoms with Crippen molar-refractivity contribution in [3.05, 3.63) is 89.5 Å². The Morgan fingerprint density at radius 2 is 0.342 bits per heavy atom. The lowest BCUT2D eigenvalue weighted by molar-refractivity contribution is 0.388. The van der Waals surface area contributed by atoms with Gasteiger partial charge in [0.25, 0.3) is 0 Å². The summed E-state index contributed by atoms with van der Waals surface area (Å²) in [6, 6.07) is 26.0. The van der Waals surface area contributed by atoms with Gasteiger partial charge in [-0.2, -0.15) is 0 Å². The van der Waals surface area contributed by atoms with Gasteiger partial charge in [0.1, 0.15) is 17.2 Å². The number of hydrogen-bond acceptors (Lipinski definition) is 3. The summed E-state index contributed by atoms with van der Waals surface area (Å²) >= 11 is 0. The van der Waals surface area contributed by atoms with Crippen LogP contribution in [0.1, 0.15) is 346 Å². The van der Waals surface area contributed by atoms with E-state index in [1.807, 2.05) is 0 Å². The first-order valence-electron chi connectivity index (χ1n) is 33.8. The fourth-order valence-corrected chi connectivity index (χ4v) is 12.1. The van der Waals surface area contributed by atoms with Gasteiger partial charge < -0.3 is 13.6 Å². The van der Waals surface area contributed by atoms with Crippen molar-refractivity contribution >= 4 is 8.60 Å². The second-order valence-electron chi connectivity index (χ2n) is 23.6.